The monoisotopic (exact) mass is 313 g/mol. The topological polar surface area (TPSA) is 84.3 Å². The number of nitro groups is 1. The number of nitrogens with one attached hydrogen (secondary N) is 2. The van der Waals surface area contributed by atoms with Crippen LogP contribution >= 0.6 is 0 Å². The molecule has 0 aliphatic carbocycles. The van der Waals surface area contributed by atoms with Gasteiger partial charge in [0.2, 0.25) is 0 Å². The summed E-state index contributed by atoms with van der Waals surface area (Å²) < 4.78 is 0. The predicted molar refractivity (Wildman–Crippen MR) is 89.8 cm³/mol. The molecular weight excluding hydrogens is 294 g/mol. The van der Waals surface area contributed by atoms with Crippen LogP contribution < -0.4 is 10.6 Å². The molecule has 6 heteroatoms. The standard InChI is InChI=1S/C17H19N3O3/c1-12-3-4-13(2)16(11-12)17(21)19-10-9-18-14-5-7-15(8-6-14)20(22)23/h3-8,11,18H,9-10H2,1-2H3,(H,19,21). The van der Waals surface area contributed by atoms with E-state index in [1.807, 2.05) is 32.0 Å². The summed E-state index contributed by atoms with van der Waals surface area (Å²) in [4.78, 5) is 22.3. The molecule has 0 saturated heterocycles. The maximum atomic E-state index is 12.1. The van der Waals surface area contributed by atoms with E-state index >= 15 is 0 Å². The lowest BCUT2D eigenvalue weighted by Crippen LogP contribution is -2.29. The Bertz CT molecular complexity index is 712. The summed E-state index contributed by atoms with van der Waals surface area (Å²) in [5, 5.41) is 16.5. The summed E-state index contributed by atoms with van der Waals surface area (Å²) in [5.74, 6) is -0.100. The van der Waals surface area contributed by atoms with Gasteiger partial charge in [0.1, 0.15) is 0 Å². The summed E-state index contributed by atoms with van der Waals surface area (Å²) in [6, 6.07) is 11.9. The van der Waals surface area contributed by atoms with Gasteiger partial charge in [0.25, 0.3) is 11.6 Å². The zero-order chi connectivity index (χ0) is 16.8. The van der Waals surface area contributed by atoms with Gasteiger partial charge in [0.15, 0.2) is 0 Å². The Morgan fingerprint density at radius 3 is 2.43 bits per heavy atom. The van der Waals surface area contributed by atoms with Crippen molar-refractivity contribution in [1.29, 1.82) is 0 Å². The summed E-state index contributed by atoms with van der Waals surface area (Å²) in [6.07, 6.45) is 0. The van der Waals surface area contributed by atoms with Crippen LogP contribution in [0.25, 0.3) is 0 Å². The van der Waals surface area contributed by atoms with Crippen LogP contribution in [0.2, 0.25) is 0 Å². The third kappa shape index (κ3) is 4.54. The van der Waals surface area contributed by atoms with E-state index in [2.05, 4.69) is 10.6 Å². The number of nitrogens with zero attached hydrogens (tertiary/aromatic N) is 1. The Labute approximate surface area is 134 Å². The molecule has 6 nitrogen and oxygen atoms in total. The highest BCUT2D eigenvalue weighted by molar-refractivity contribution is 5.95. The number of rotatable bonds is 6. The Balaban J connectivity index is 1.82. The smallest absolute Gasteiger partial charge is 0.269 e. The minimum absolute atomic E-state index is 0.0544. The zero-order valence-corrected chi connectivity index (χ0v) is 13.1. The average molecular weight is 313 g/mol. The molecule has 23 heavy (non-hydrogen) atoms. The molecule has 0 heterocycles. The van der Waals surface area contributed by atoms with Gasteiger partial charge in [-0.25, -0.2) is 0 Å². The number of aryl methyl sites for hydroxylation is 2. The van der Waals surface area contributed by atoms with Gasteiger partial charge in [-0.1, -0.05) is 17.7 Å². The van der Waals surface area contributed by atoms with E-state index in [9.17, 15) is 14.9 Å². The third-order valence-corrected chi connectivity index (χ3v) is 3.46. The van der Waals surface area contributed by atoms with Crippen LogP contribution in [0.4, 0.5) is 11.4 Å². The van der Waals surface area contributed by atoms with Crippen molar-refractivity contribution < 1.29 is 9.72 Å². The second-order valence-corrected chi connectivity index (χ2v) is 5.31. The molecule has 2 N–H and O–H groups in total. The first-order valence-corrected chi connectivity index (χ1v) is 7.31. The quantitative estimate of drug-likeness (QED) is 0.488. The van der Waals surface area contributed by atoms with Gasteiger partial charge in [0, 0.05) is 36.5 Å². The summed E-state index contributed by atoms with van der Waals surface area (Å²) in [7, 11) is 0. The van der Waals surface area contributed by atoms with Gasteiger partial charge < -0.3 is 10.6 Å². The molecule has 2 aromatic rings. The van der Waals surface area contributed by atoms with Gasteiger partial charge in [-0.3, -0.25) is 14.9 Å². The predicted octanol–water partition coefficient (Wildman–Crippen LogP) is 3.05. The third-order valence-electron chi connectivity index (χ3n) is 3.46. The van der Waals surface area contributed by atoms with E-state index in [0.29, 0.717) is 18.7 Å². The molecule has 120 valence electrons. The number of carbonyl (C=O) groups is 1. The van der Waals surface area contributed by atoms with E-state index in [1.54, 1.807) is 12.1 Å². The molecule has 0 radical (unpaired) electrons. The normalized spacial score (nSPS) is 10.2. The minimum Gasteiger partial charge on any atom is -0.383 e. The molecule has 0 spiro atoms. The molecule has 1 amide bonds. The largest absolute Gasteiger partial charge is 0.383 e. The van der Waals surface area contributed by atoms with E-state index in [1.165, 1.54) is 12.1 Å². The Morgan fingerprint density at radius 2 is 1.78 bits per heavy atom. The molecule has 2 rings (SSSR count). The zero-order valence-electron chi connectivity index (χ0n) is 13.1. The minimum atomic E-state index is -0.436. The van der Waals surface area contributed by atoms with E-state index in [0.717, 1.165) is 16.8 Å². The number of hydrogen-bond acceptors (Lipinski definition) is 4. The first kappa shape index (κ1) is 16.5. The highest BCUT2D eigenvalue weighted by atomic mass is 16.6. The van der Waals surface area contributed by atoms with Crippen molar-refractivity contribution in [2.24, 2.45) is 0 Å². The summed E-state index contributed by atoms with van der Waals surface area (Å²) >= 11 is 0. The fraction of sp³-hybridized carbons (Fsp3) is 0.235. The number of non-ortho nitro benzene ring substituents is 1. The van der Waals surface area contributed by atoms with Crippen molar-refractivity contribution in [3.05, 3.63) is 69.3 Å². The van der Waals surface area contributed by atoms with Crippen LogP contribution in [0, 0.1) is 24.0 Å². The fourth-order valence-electron chi connectivity index (χ4n) is 2.16. The number of nitro benzene ring substituents is 1. The maximum Gasteiger partial charge on any atom is 0.269 e. The Kier molecular flexibility index (Phi) is 5.30. The molecule has 0 saturated carbocycles. The molecule has 0 aromatic heterocycles. The Morgan fingerprint density at radius 1 is 1.09 bits per heavy atom. The van der Waals surface area contributed by atoms with Gasteiger partial charge in [-0.15, -0.1) is 0 Å². The molecule has 2 aromatic carbocycles. The second kappa shape index (κ2) is 7.40. The van der Waals surface area contributed by atoms with Crippen LogP contribution in [0.1, 0.15) is 21.5 Å². The lowest BCUT2D eigenvalue weighted by atomic mass is 10.1. The molecule has 0 bridgehead atoms. The Hall–Kier alpha value is -2.89. The van der Waals surface area contributed by atoms with Crippen molar-refractivity contribution in [1.82, 2.24) is 5.32 Å². The number of carbonyl (C=O) groups excluding carboxylic acids is 1. The van der Waals surface area contributed by atoms with Crippen LogP contribution in [0.5, 0.6) is 0 Å². The number of benzene rings is 2. The first-order valence-electron chi connectivity index (χ1n) is 7.31. The van der Waals surface area contributed by atoms with Crippen molar-refractivity contribution in [3.8, 4) is 0 Å². The molecule has 0 atom stereocenters. The van der Waals surface area contributed by atoms with Crippen LogP contribution in [-0.4, -0.2) is 23.9 Å². The van der Waals surface area contributed by atoms with E-state index in [4.69, 9.17) is 0 Å². The molecular formula is C17H19N3O3. The van der Waals surface area contributed by atoms with E-state index < -0.39 is 4.92 Å². The van der Waals surface area contributed by atoms with Crippen molar-refractivity contribution in [2.45, 2.75) is 13.8 Å². The molecule has 0 aliphatic rings. The highest BCUT2D eigenvalue weighted by Crippen LogP contribution is 2.15. The second-order valence-electron chi connectivity index (χ2n) is 5.31. The van der Waals surface area contributed by atoms with Crippen molar-refractivity contribution in [2.75, 3.05) is 18.4 Å². The lowest BCUT2D eigenvalue weighted by molar-refractivity contribution is -0.384. The molecule has 0 aliphatic heterocycles. The average Bonchev–Trinajstić information content (AvgIpc) is 2.54. The number of anilines is 1. The summed E-state index contributed by atoms with van der Waals surface area (Å²) in [5.41, 5.74) is 3.50. The van der Waals surface area contributed by atoms with Crippen molar-refractivity contribution in [3.63, 3.8) is 0 Å². The summed E-state index contributed by atoms with van der Waals surface area (Å²) in [6.45, 7) is 4.85. The van der Waals surface area contributed by atoms with Gasteiger partial charge in [0.05, 0.1) is 4.92 Å². The molecule has 0 fully saturated rings. The number of hydrogen-bond donors (Lipinski definition) is 2. The first-order chi connectivity index (χ1) is 11.0. The van der Waals surface area contributed by atoms with Gasteiger partial charge in [-0.05, 0) is 37.6 Å². The van der Waals surface area contributed by atoms with E-state index in [-0.39, 0.29) is 11.6 Å². The lowest BCUT2D eigenvalue weighted by Gasteiger charge is -2.10. The van der Waals surface area contributed by atoms with Crippen LogP contribution in [-0.2, 0) is 0 Å². The SMILES string of the molecule is Cc1ccc(C)c(C(=O)NCCNc2ccc([N+](=O)[O-])cc2)c1. The highest BCUT2D eigenvalue weighted by Gasteiger charge is 2.08. The van der Waals surface area contributed by atoms with Crippen molar-refractivity contribution >= 4 is 17.3 Å². The van der Waals surface area contributed by atoms with Gasteiger partial charge in [-0.2, -0.15) is 0 Å². The van der Waals surface area contributed by atoms with Gasteiger partial charge >= 0.3 is 0 Å². The van der Waals surface area contributed by atoms with Crippen LogP contribution in [0.3, 0.4) is 0 Å². The number of amides is 1. The van der Waals surface area contributed by atoms with Crippen LogP contribution in [0.15, 0.2) is 42.5 Å². The fourth-order valence-corrected chi connectivity index (χ4v) is 2.16. The molecule has 0 unspecified atom stereocenters. The maximum absolute atomic E-state index is 12.1.